The van der Waals surface area contributed by atoms with E-state index in [-0.39, 0.29) is 11.7 Å². The van der Waals surface area contributed by atoms with Crippen molar-refractivity contribution in [3.63, 3.8) is 0 Å². The van der Waals surface area contributed by atoms with Crippen molar-refractivity contribution in [3.8, 4) is 11.5 Å². The molecule has 2 fully saturated rings. The predicted octanol–water partition coefficient (Wildman–Crippen LogP) is 5.11. The number of methoxy groups -OCH3 is 1. The van der Waals surface area contributed by atoms with Gasteiger partial charge in [-0.15, -0.1) is 0 Å². The number of hydrogen-bond donors (Lipinski definition) is 1. The molecule has 1 N–H and O–H groups in total. The summed E-state index contributed by atoms with van der Waals surface area (Å²) < 4.78 is 5.31. The summed E-state index contributed by atoms with van der Waals surface area (Å²) in [5.74, 6) is 1.69. The summed E-state index contributed by atoms with van der Waals surface area (Å²) in [6, 6.07) is 14.9. The van der Waals surface area contributed by atoms with E-state index in [1.54, 1.807) is 20.1 Å². The fourth-order valence-electron chi connectivity index (χ4n) is 5.72. The molecular formula is C28H38N2O3. The predicted molar refractivity (Wildman–Crippen MR) is 132 cm³/mol. The lowest BCUT2D eigenvalue weighted by Gasteiger charge is -2.36. The van der Waals surface area contributed by atoms with Crippen LogP contribution in [0.5, 0.6) is 11.5 Å². The summed E-state index contributed by atoms with van der Waals surface area (Å²) in [5.41, 5.74) is 3.76. The molecule has 1 saturated carbocycles. The molecule has 1 aliphatic heterocycles. The molecule has 0 spiro atoms. The lowest BCUT2D eigenvalue weighted by Crippen LogP contribution is -2.44. The maximum absolute atomic E-state index is 12.7. The molecule has 2 aliphatic rings. The number of hydrogen-bond acceptors (Lipinski definition) is 4. The van der Waals surface area contributed by atoms with Gasteiger partial charge in [0.25, 0.3) is 0 Å². The number of phenols is 1. The van der Waals surface area contributed by atoms with E-state index in [4.69, 9.17) is 4.74 Å². The third-order valence-electron chi connectivity index (χ3n) is 7.52. The summed E-state index contributed by atoms with van der Waals surface area (Å²) >= 11 is 0. The van der Waals surface area contributed by atoms with Crippen molar-refractivity contribution >= 4 is 5.91 Å². The van der Waals surface area contributed by atoms with Crippen molar-refractivity contribution in [1.82, 2.24) is 9.80 Å². The molecule has 0 bridgehead atoms. The van der Waals surface area contributed by atoms with Crippen LogP contribution in [0.2, 0.25) is 0 Å². The summed E-state index contributed by atoms with van der Waals surface area (Å²) in [6.45, 7) is 7.42. The lowest BCUT2D eigenvalue weighted by atomic mass is 9.87. The van der Waals surface area contributed by atoms with Crippen LogP contribution in [0.4, 0.5) is 0 Å². The molecule has 2 atom stereocenters. The highest BCUT2D eigenvalue weighted by Crippen LogP contribution is 2.36. The van der Waals surface area contributed by atoms with Crippen LogP contribution in [0.25, 0.3) is 0 Å². The topological polar surface area (TPSA) is 53.0 Å². The second kappa shape index (κ2) is 10.6. The summed E-state index contributed by atoms with van der Waals surface area (Å²) in [4.78, 5) is 17.3. The Hall–Kier alpha value is -2.53. The molecule has 0 radical (unpaired) electrons. The molecule has 1 amide bonds. The number of aromatic hydroxyl groups is 1. The minimum absolute atomic E-state index is 0.169. The van der Waals surface area contributed by atoms with Gasteiger partial charge in [0.15, 0.2) is 11.5 Å². The van der Waals surface area contributed by atoms with Gasteiger partial charge in [-0.05, 0) is 48.9 Å². The average molecular weight is 451 g/mol. The molecule has 1 saturated heterocycles. The number of carbonyl (C=O) groups excluding carboxylic acids is 1. The number of amides is 1. The van der Waals surface area contributed by atoms with E-state index in [0.717, 1.165) is 44.6 Å². The number of nitrogens with zero attached hydrogens (tertiary/aromatic N) is 2. The lowest BCUT2D eigenvalue weighted by molar-refractivity contribution is -0.132. The molecule has 2 aromatic carbocycles. The minimum atomic E-state index is 0.169. The normalized spacial score (nSPS) is 21.8. The number of rotatable bonds is 7. The van der Waals surface area contributed by atoms with Crippen molar-refractivity contribution in [3.05, 3.63) is 59.2 Å². The number of aryl methyl sites for hydroxylation is 1. The smallest absolute Gasteiger partial charge is 0.219 e. The molecule has 1 aliphatic carbocycles. The molecule has 2 unspecified atom stereocenters. The number of phenolic OH excluding ortho intramolecular Hbond substituents is 1. The summed E-state index contributed by atoms with van der Waals surface area (Å²) in [5, 5.41) is 9.95. The quantitative estimate of drug-likeness (QED) is 0.637. The van der Waals surface area contributed by atoms with Crippen LogP contribution < -0.4 is 4.74 Å². The Morgan fingerprint density at radius 2 is 1.82 bits per heavy atom. The Bertz CT molecular complexity index is 937. The first-order chi connectivity index (χ1) is 15.9. The van der Waals surface area contributed by atoms with Crippen molar-refractivity contribution in [2.75, 3.05) is 26.7 Å². The van der Waals surface area contributed by atoms with Gasteiger partial charge in [-0.2, -0.15) is 0 Å². The first-order valence-corrected chi connectivity index (χ1v) is 12.4. The van der Waals surface area contributed by atoms with Crippen molar-refractivity contribution in [1.29, 1.82) is 0 Å². The Kier molecular flexibility index (Phi) is 7.59. The Balaban J connectivity index is 1.54. The van der Waals surface area contributed by atoms with Crippen LogP contribution in [-0.4, -0.2) is 53.6 Å². The Morgan fingerprint density at radius 1 is 1.09 bits per heavy atom. The zero-order chi connectivity index (χ0) is 23.4. The third-order valence-corrected chi connectivity index (χ3v) is 7.52. The van der Waals surface area contributed by atoms with Crippen LogP contribution in [-0.2, 0) is 11.3 Å². The molecule has 0 aromatic heterocycles. The maximum Gasteiger partial charge on any atom is 0.219 e. The SMILES string of the molecule is COc1cc(CN2CC(CN(C(C)=O)C3CCCCC3)C(c3ccc(C)cc3)C2)ccc1O. The van der Waals surface area contributed by atoms with E-state index >= 15 is 0 Å². The molecule has 5 heteroatoms. The molecular weight excluding hydrogens is 412 g/mol. The first kappa shape index (κ1) is 23.6. The van der Waals surface area contributed by atoms with E-state index < -0.39 is 0 Å². The zero-order valence-corrected chi connectivity index (χ0v) is 20.3. The molecule has 5 nitrogen and oxygen atoms in total. The van der Waals surface area contributed by atoms with Crippen molar-refractivity contribution in [2.45, 2.75) is 64.5 Å². The van der Waals surface area contributed by atoms with Crippen molar-refractivity contribution in [2.24, 2.45) is 5.92 Å². The van der Waals surface area contributed by atoms with Gasteiger partial charge in [0, 0.05) is 45.1 Å². The summed E-state index contributed by atoms with van der Waals surface area (Å²) in [6.07, 6.45) is 6.03. The molecule has 2 aromatic rings. The molecule has 33 heavy (non-hydrogen) atoms. The van der Waals surface area contributed by atoms with Crippen molar-refractivity contribution < 1.29 is 14.6 Å². The second-order valence-electron chi connectivity index (χ2n) is 9.94. The van der Waals surface area contributed by atoms with Crippen LogP contribution in [0.3, 0.4) is 0 Å². The van der Waals surface area contributed by atoms with Crippen LogP contribution in [0.15, 0.2) is 42.5 Å². The Labute approximate surface area is 198 Å². The fraction of sp³-hybridized carbons (Fsp3) is 0.536. The standard InChI is InChI=1S/C28H38N2O3/c1-20-9-12-23(13-10-20)26-19-29(16-22-11-14-27(32)28(15-22)33-3)17-24(26)18-30(21(2)31)25-7-5-4-6-8-25/h9-15,24-26,32H,4-8,16-19H2,1-3H3. The number of likely N-dealkylation sites (tertiary alicyclic amines) is 1. The fourth-order valence-corrected chi connectivity index (χ4v) is 5.72. The number of benzene rings is 2. The van der Waals surface area contributed by atoms with Gasteiger partial charge in [-0.25, -0.2) is 0 Å². The number of carbonyl (C=O) groups is 1. The second-order valence-corrected chi connectivity index (χ2v) is 9.94. The van der Waals surface area contributed by atoms with Crippen LogP contribution >= 0.6 is 0 Å². The highest BCUT2D eigenvalue weighted by Gasteiger charge is 2.37. The van der Waals surface area contributed by atoms with Gasteiger partial charge >= 0.3 is 0 Å². The zero-order valence-electron chi connectivity index (χ0n) is 20.3. The monoisotopic (exact) mass is 450 g/mol. The van der Waals surface area contributed by atoms with Gasteiger partial charge in [-0.3, -0.25) is 9.69 Å². The van der Waals surface area contributed by atoms with Crippen LogP contribution in [0.1, 0.15) is 61.6 Å². The first-order valence-electron chi connectivity index (χ1n) is 12.4. The molecule has 1 heterocycles. The van der Waals surface area contributed by atoms with Gasteiger partial charge in [-0.1, -0.05) is 55.2 Å². The number of ether oxygens (including phenoxy) is 1. The highest BCUT2D eigenvalue weighted by molar-refractivity contribution is 5.73. The van der Waals surface area contributed by atoms with Gasteiger partial charge in [0.2, 0.25) is 5.91 Å². The largest absolute Gasteiger partial charge is 0.504 e. The van der Waals surface area contributed by atoms with E-state index in [1.165, 1.54) is 30.4 Å². The van der Waals surface area contributed by atoms with E-state index in [1.807, 2.05) is 12.1 Å². The summed E-state index contributed by atoms with van der Waals surface area (Å²) in [7, 11) is 1.58. The van der Waals surface area contributed by atoms with E-state index in [9.17, 15) is 9.90 Å². The Morgan fingerprint density at radius 3 is 2.48 bits per heavy atom. The molecule has 4 rings (SSSR count). The highest BCUT2D eigenvalue weighted by atomic mass is 16.5. The van der Waals surface area contributed by atoms with Crippen LogP contribution in [0, 0.1) is 12.8 Å². The minimum Gasteiger partial charge on any atom is -0.504 e. The van der Waals surface area contributed by atoms with E-state index in [2.05, 4.69) is 41.0 Å². The van der Waals surface area contributed by atoms with Gasteiger partial charge in [0.1, 0.15) is 0 Å². The van der Waals surface area contributed by atoms with Gasteiger partial charge in [0.05, 0.1) is 7.11 Å². The third kappa shape index (κ3) is 5.70. The van der Waals surface area contributed by atoms with Gasteiger partial charge < -0.3 is 14.7 Å². The average Bonchev–Trinajstić information content (AvgIpc) is 3.21. The molecule has 178 valence electrons. The maximum atomic E-state index is 12.7. The van der Waals surface area contributed by atoms with E-state index in [0.29, 0.717) is 23.6 Å².